The lowest BCUT2D eigenvalue weighted by Gasteiger charge is -2.14. The Morgan fingerprint density at radius 2 is 1.58 bits per heavy atom. The summed E-state index contributed by atoms with van der Waals surface area (Å²) < 4.78 is 5.26. The predicted octanol–water partition coefficient (Wildman–Crippen LogP) is 5.42. The van der Waals surface area contributed by atoms with Crippen molar-refractivity contribution in [3.05, 3.63) is 97.1 Å². The summed E-state index contributed by atoms with van der Waals surface area (Å²) >= 11 is 0. The predicted molar refractivity (Wildman–Crippen MR) is 131 cm³/mol. The van der Waals surface area contributed by atoms with Crippen LogP contribution in [0.25, 0.3) is 33.4 Å². The number of nitrogens with zero attached hydrogens (tertiary/aromatic N) is 4. The van der Waals surface area contributed by atoms with E-state index >= 15 is 0 Å². The highest BCUT2D eigenvalue weighted by atomic mass is 16.5. The average Bonchev–Trinajstić information content (AvgIpc) is 2.89. The first-order chi connectivity index (χ1) is 16.3. The van der Waals surface area contributed by atoms with E-state index < -0.39 is 0 Å². The lowest BCUT2D eigenvalue weighted by molar-refractivity contribution is 0.414. The molecule has 3 aromatic carbocycles. The first-order valence-electron chi connectivity index (χ1n) is 10.8. The van der Waals surface area contributed by atoms with Crippen LogP contribution in [0.3, 0.4) is 0 Å². The lowest BCUT2D eigenvalue weighted by atomic mass is 10.0. The van der Waals surface area contributed by atoms with Crippen molar-refractivity contribution in [2.24, 2.45) is 0 Å². The van der Waals surface area contributed by atoms with Crippen LogP contribution >= 0.6 is 0 Å². The van der Waals surface area contributed by atoms with Crippen molar-refractivity contribution < 1.29 is 4.74 Å². The minimum Gasteiger partial charge on any atom is -0.497 e. The summed E-state index contributed by atoms with van der Waals surface area (Å²) in [6, 6.07) is 24.6. The topological polar surface area (TPSA) is 72.8 Å². The zero-order valence-electron chi connectivity index (χ0n) is 18.3. The molecule has 5 rings (SSSR count). The van der Waals surface area contributed by atoms with E-state index in [1.165, 1.54) is 11.9 Å². The van der Waals surface area contributed by atoms with Crippen LogP contribution in [0.5, 0.6) is 5.75 Å². The van der Waals surface area contributed by atoms with Gasteiger partial charge in [-0.2, -0.15) is 0 Å². The molecule has 2 aromatic heterocycles. The van der Waals surface area contributed by atoms with Gasteiger partial charge in [0.1, 0.15) is 17.9 Å². The Morgan fingerprint density at radius 1 is 0.788 bits per heavy atom. The minimum atomic E-state index is 0.597. The molecule has 6 heteroatoms. The Kier molecular flexibility index (Phi) is 5.89. The summed E-state index contributed by atoms with van der Waals surface area (Å²) in [5, 5.41) is 4.56. The van der Waals surface area contributed by atoms with Crippen molar-refractivity contribution in [1.29, 1.82) is 0 Å². The Balaban J connectivity index is 1.54. The maximum atomic E-state index is 5.26. The van der Waals surface area contributed by atoms with Gasteiger partial charge in [-0.3, -0.25) is 0 Å². The van der Waals surface area contributed by atoms with Gasteiger partial charge in [-0.25, -0.2) is 19.9 Å². The van der Waals surface area contributed by atoms with Gasteiger partial charge in [0, 0.05) is 18.9 Å². The molecule has 0 saturated heterocycles. The van der Waals surface area contributed by atoms with Gasteiger partial charge < -0.3 is 10.1 Å². The molecule has 0 amide bonds. The molecule has 0 saturated carbocycles. The van der Waals surface area contributed by atoms with Crippen LogP contribution in [0, 0.1) is 0 Å². The molecule has 0 atom stereocenters. The lowest BCUT2D eigenvalue weighted by Crippen LogP contribution is -2.09. The number of hydrogen-bond acceptors (Lipinski definition) is 6. The molecule has 162 valence electrons. The number of aromatic nitrogens is 4. The molecule has 0 unspecified atom stereocenters. The van der Waals surface area contributed by atoms with Crippen LogP contribution in [0.4, 0.5) is 5.82 Å². The second-order valence-electron chi connectivity index (χ2n) is 7.61. The Morgan fingerprint density at radius 3 is 2.33 bits per heavy atom. The van der Waals surface area contributed by atoms with Gasteiger partial charge in [0.05, 0.1) is 23.6 Å². The first-order valence-corrected chi connectivity index (χ1v) is 10.8. The average molecular weight is 434 g/mol. The van der Waals surface area contributed by atoms with Crippen molar-refractivity contribution in [2.45, 2.75) is 6.42 Å². The van der Waals surface area contributed by atoms with Crippen LogP contribution in [0.1, 0.15) is 5.56 Å². The third-order valence-electron chi connectivity index (χ3n) is 5.49. The fourth-order valence-electron chi connectivity index (χ4n) is 3.83. The molecule has 1 N–H and O–H groups in total. The molecule has 0 aliphatic carbocycles. The molecule has 6 nitrogen and oxygen atoms in total. The summed E-state index contributed by atoms with van der Waals surface area (Å²) in [5.41, 5.74) is 5.10. The number of nitrogens with one attached hydrogen (secondary N) is 1. The maximum Gasteiger partial charge on any atom is 0.165 e. The number of anilines is 1. The standard InChI is InChI=1S/C27H23N5O/c1-33-22-12-10-19(11-13-22)14-15-30-27-25-23(20-6-3-2-4-7-20)8-5-9-24(25)31-26(32-27)21-16-28-18-29-17-21/h2-13,16-18H,14-15H2,1H3,(H,30,31,32). The zero-order valence-corrected chi connectivity index (χ0v) is 18.3. The molecule has 0 radical (unpaired) electrons. The van der Waals surface area contributed by atoms with Crippen LogP contribution in [-0.2, 0) is 6.42 Å². The Hall–Kier alpha value is -4.32. The number of fused-ring (bicyclic) bond motifs is 1. The molecule has 0 aliphatic rings. The van der Waals surface area contributed by atoms with Gasteiger partial charge in [0.15, 0.2) is 5.82 Å². The highest BCUT2D eigenvalue weighted by Crippen LogP contribution is 2.33. The zero-order chi connectivity index (χ0) is 22.5. The number of benzene rings is 3. The number of hydrogen-bond donors (Lipinski definition) is 1. The van der Waals surface area contributed by atoms with E-state index in [2.05, 4.69) is 45.6 Å². The highest BCUT2D eigenvalue weighted by Gasteiger charge is 2.14. The summed E-state index contributed by atoms with van der Waals surface area (Å²) in [7, 11) is 1.68. The SMILES string of the molecule is COc1ccc(CCNc2nc(-c3cncnc3)nc3cccc(-c4ccccc4)c23)cc1. The van der Waals surface area contributed by atoms with E-state index in [-0.39, 0.29) is 0 Å². The van der Waals surface area contributed by atoms with Crippen molar-refractivity contribution in [3.63, 3.8) is 0 Å². The van der Waals surface area contributed by atoms with Gasteiger partial charge in [0.25, 0.3) is 0 Å². The van der Waals surface area contributed by atoms with Gasteiger partial charge in [-0.05, 0) is 41.3 Å². The molecule has 33 heavy (non-hydrogen) atoms. The highest BCUT2D eigenvalue weighted by molar-refractivity contribution is 6.02. The van der Waals surface area contributed by atoms with E-state index in [1.54, 1.807) is 19.5 Å². The largest absolute Gasteiger partial charge is 0.497 e. The van der Waals surface area contributed by atoms with E-state index in [0.29, 0.717) is 5.82 Å². The summed E-state index contributed by atoms with van der Waals surface area (Å²) in [5.74, 6) is 2.25. The number of rotatable bonds is 7. The summed E-state index contributed by atoms with van der Waals surface area (Å²) in [6.07, 6.45) is 5.82. The molecule has 5 aromatic rings. The van der Waals surface area contributed by atoms with Crippen LogP contribution in [-0.4, -0.2) is 33.6 Å². The van der Waals surface area contributed by atoms with Gasteiger partial charge in [-0.1, -0.05) is 54.6 Å². The smallest absolute Gasteiger partial charge is 0.165 e. The van der Waals surface area contributed by atoms with Crippen LogP contribution in [0.15, 0.2) is 91.5 Å². The van der Waals surface area contributed by atoms with Crippen molar-refractivity contribution in [2.75, 3.05) is 19.0 Å². The van der Waals surface area contributed by atoms with Crippen molar-refractivity contribution in [1.82, 2.24) is 19.9 Å². The number of ether oxygens (including phenoxy) is 1. The minimum absolute atomic E-state index is 0.597. The fourth-order valence-corrected chi connectivity index (χ4v) is 3.83. The normalized spacial score (nSPS) is 10.8. The molecule has 2 heterocycles. The van der Waals surface area contributed by atoms with E-state index in [1.807, 2.05) is 42.5 Å². The van der Waals surface area contributed by atoms with E-state index in [0.717, 1.165) is 52.1 Å². The van der Waals surface area contributed by atoms with Gasteiger partial charge >= 0.3 is 0 Å². The fraction of sp³-hybridized carbons (Fsp3) is 0.111. The quantitative estimate of drug-likeness (QED) is 0.370. The van der Waals surface area contributed by atoms with E-state index in [9.17, 15) is 0 Å². The third-order valence-corrected chi connectivity index (χ3v) is 5.49. The molecule has 0 fully saturated rings. The van der Waals surface area contributed by atoms with Crippen LogP contribution in [0.2, 0.25) is 0 Å². The molecule has 0 aliphatic heterocycles. The molecular formula is C27H23N5O. The van der Waals surface area contributed by atoms with Crippen LogP contribution < -0.4 is 10.1 Å². The second-order valence-corrected chi connectivity index (χ2v) is 7.61. The third kappa shape index (κ3) is 4.50. The maximum absolute atomic E-state index is 5.26. The van der Waals surface area contributed by atoms with Crippen molar-refractivity contribution >= 4 is 16.7 Å². The second kappa shape index (κ2) is 9.44. The molecule has 0 spiro atoms. The van der Waals surface area contributed by atoms with Gasteiger partial charge in [0.2, 0.25) is 0 Å². The summed E-state index contributed by atoms with van der Waals surface area (Å²) in [4.78, 5) is 18.0. The van der Waals surface area contributed by atoms with Gasteiger partial charge in [-0.15, -0.1) is 0 Å². The van der Waals surface area contributed by atoms with E-state index in [4.69, 9.17) is 14.7 Å². The Bertz CT molecular complexity index is 1360. The molecule has 0 bridgehead atoms. The summed E-state index contributed by atoms with van der Waals surface area (Å²) in [6.45, 7) is 0.728. The van der Waals surface area contributed by atoms with Crippen molar-refractivity contribution in [3.8, 4) is 28.3 Å². The monoisotopic (exact) mass is 433 g/mol. The Labute approximate surface area is 192 Å². The number of methoxy groups -OCH3 is 1. The first kappa shape index (κ1) is 20.6. The molecular weight excluding hydrogens is 410 g/mol.